The summed E-state index contributed by atoms with van der Waals surface area (Å²) in [5, 5.41) is 14.5. The minimum Gasteiger partial charge on any atom is -0.504 e. The zero-order valence-corrected chi connectivity index (χ0v) is 14.6. The van der Waals surface area contributed by atoms with E-state index in [0.29, 0.717) is 22.9 Å². The number of phenolic OH excluding ortho intramolecular Hbond substituents is 1. The molecule has 0 aliphatic heterocycles. The second-order valence-corrected chi connectivity index (χ2v) is 6.15. The van der Waals surface area contributed by atoms with Crippen LogP contribution in [0.3, 0.4) is 0 Å². The highest BCUT2D eigenvalue weighted by Gasteiger charge is 2.06. The molecule has 0 fully saturated rings. The third-order valence-electron chi connectivity index (χ3n) is 2.91. The minimum atomic E-state index is -0.244. The van der Waals surface area contributed by atoms with Gasteiger partial charge in [0.15, 0.2) is 11.5 Å². The topological polar surface area (TPSA) is 70.9 Å². The highest BCUT2D eigenvalue weighted by Crippen LogP contribution is 2.28. The van der Waals surface area contributed by atoms with Gasteiger partial charge in [-0.1, -0.05) is 17.7 Å². The molecule has 7 heteroatoms. The molecule has 0 radical (unpaired) electrons. The van der Waals surface area contributed by atoms with Crippen molar-refractivity contribution in [2.45, 2.75) is 11.8 Å². The molecule has 0 aliphatic carbocycles. The van der Waals surface area contributed by atoms with Crippen molar-refractivity contribution in [1.82, 2.24) is 5.43 Å². The van der Waals surface area contributed by atoms with Crippen molar-refractivity contribution in [1.29, 1.82) is 0 Å². The summed E-state index contributed by atoms with van der Waals surface area (Å²) in [6.45, 7) is 2.28. The summed E-state index contributed by atoms with van der Waals surface area (Å²) in [5.41, 5.74) is 2.89. The molecule has 2 rings (SSSR count). The summed E-state index contributed by atoms with van der Waals surface area (Å²) in [7, 11) is 0. The Morgan fingerprint density at radius 2 is 2.08 bits per heavy atom. The van der Waals surface area contributed by atoms with Gasteiger partial charge in [0, 0.05) is 15.5 Å². The number of nitrogens with one attached hydrogen (secondary N) is 1. The van der Waals surface area contributed by atoms with E-state index in [0.717, 1.165) is 4.90 Å². The number of hydrazone groups is 1. The standard InChI is InChI=1S/C17H17ClN2O3S/c1-2-23-15-5-3-4-12(17(15)22)10-19-20-16(21)11-24-14-8-6-13(18)7-9-14/h3-10,22H,2,11H2,1H3,(H,20,21)/b19-10-. The molecule has 126 valence electrons. The van der Waals surface area contributed by atoms with Gasteiger partial charge in [-0.05, 0) is 43.3 Å². The lowest BCUT2D eigenvalue weighted by Crippen LogP contribution is -2.19. The van der Waals surface area contributed by atoms with Gasteiger partial charge in [0.1, 0.15) is 0 Å². The zero-order valence-electron chi connectivity index (χ0n) is 13.0. The van der Waals surface area contributed by atoms with Crippen molar-refractivity contribution in [3.05, 3.63) is 53.1 Å². The zero-order chi connectivity index (χ0) is 17.4. The van der Waals surface area contributed by atoms with Crippen molar-refractivity contribution in [2.75, 3.05) is 12.4 Å². The van der Waals surface area contributed by atoms with E-state index in [1.165, 1.54) is 18.0 Å². The Morgan fingerprint density at radius 1 is 1.33 bits per heavy atom. The van der Waals surface area contributed by atoms with Gasteiger partial charge in [-0.15, -0.1) is 11.8 Å². The van der Waals surface area contributed by atoms with Crippen molar-refractivity contribution in [3.63, 3.8) is 0 Å². The van der Waals surface area contributed by atoms with Crippen molar-refractivity contribution in [3.8, 4) is 11.5 Å². The van der Waals surface area contributed by atoms with E-state index in [1.54, 1.807) is 30.3 Å². The first-order valence-electron chi connectivity index (χ1n) is 7.25. The molecular weight excluding hydrogens is 348 g/mol. The smallest absolute Gasteiger partial charge is 0.250 e. The van der Waals surface area contributed by atoms with E-state index in [2.05, 4.69) is 10.5 Å². The fourth-order valence-corrected chi connectivity index (χ4v) is 2.62. The number of thioether (sulfide) groups is 1. The maximum Gasteiger partial charge on any atom is 0.250 e. The molecular formula is C17H17ClN2O3S. The lowest BCUT2D eigenvalue weighted by Gasteiger charge is -2.07. The van der Waals surface area contributed by atoms with Crippen LogP contribution in [0.1, 0.15) is 12.5 Å². The summed E-state index contributed by atoms with van der Waals surface area (Å²) < 4.78 is 5.29. The highest BCUT2D eigenvalue weighted by atomic mass is 35.5. The number of para-hydroxylation sites is 1. The summed E-state index contributed by atoms with van der Waals surface area (Å²) in [6, 6.07) is 12.3. The van der Waals surface area contributed by atoms with Gasteiger partial charge in [-0.3, -0.25) is 4.79 Å². The van der Waals surface area contributed by atoms with E-state index < -0.39 is 0 Å². The summed E-state index contributed by atoms with van der Waals surface area (Å²) in [6.07, 6.45) is 1.38. The number of halogens is 1. The van der Waals surface area contributed by atoms with Crippen molar-refractivity contribution >= 4 is 35.5 Å². The number of hydrogen-bond acceptors (Lipinski definition) is 5. The molecule has 1 amide bonds. The predicted molar refractivity (Wildman–Crippen MR) is 97.2 cm³/mol. The number of amides is 1. The van der Waals surface area contributed by atoms with Crippen LogP contribution >= 0.6 is 23.4 Å². The van der Waals surface area contributed by atoms with E-state index in [-0.39, 0.29) is 17.4 Å². The number of carbonyl (C=O) groups is 1. The van der Waals surface area contributed by atoms with E-state index >= 15 is 0 Å². The molecule has 2 aromatic carbocycles. The number of phenols is 1. The van der Waals surface area contributed by atoms with Crippen LogP contribution in [0.2, 0.25) is 5.02 Å². The number of benzene rings is 2. The van der Waals surface area contributed by atoms with Crippen molar-refractivity contribution < 1.29 is 14.6 Å². The first kappa shape index (κ1) is 18.2. The predicted octanol–water partition coefficient (Wildman–Crippen LogP) is 3.69. The van der Waals surface area contributed by atoms with E-state index in [1.807, 2.05) is 19.1 Å². The van der Waals surface area contributed by atoms with E-state index in [9.17, 15) is 9.90 Å². The fourth-order valence-electron chi connectivity index (χ4n) is 1.80. The second-order valence-electron chi connectivity index (χ2n) is 4.66. The lowest BCUT2D eigenvalue weighted by molar-refractivity contribution is -0.118. The third kappa shape index (κ3) is 5.47. The van der Waals surface area contributed by atoms with Gasteiger partial charge in [-0.2, -0.15) is 5.10 Å². The average molecular weight is 365 g/mol. The van der Waals surface area contributed by atoms with Crippen LogP contribution in [0.5, 0.6) is 11.5 Å². The normalized spacial score (nSPS) is 10.8. The van der Waals surface area contributed by atoms with Gasteiger partial charge in [-0.25, -0.2) is 5.43 Å². The molecule has 0 unspecified atom stereocenters. The number of rotatable bonds is 7. The molecule has 0 atom stereocenters. The molecule has 0 bridgehead atoms. The van der Waals surface area contributed by atoms with Crippen LogP contribution in [0.4, 0.5) is 0 Å². The molecule has 24 heavy (non-hydrogen) atoms. The second kappa shape index (κ2) is 9.20. The SMILES string of the molecule is CCOc1cccc(/C=N\NC(=O)CSc2ccc(Cl)cc2)c1O. The van der Waals surface area contributed by atoms with Crippen molar-refractivity contribution in [2.24, 2.45) is 5.10 Å². The van der Waals surface area contributed by atoms with Crippen LogP contribution in [-0.2, 0) is 4.79 Å². The molecule has 2 aromatic rings. The number of nitrogens with zero attached hydrogens (tertiary/aromatic N) is 1. The molecule has 0 saturated carbocycles. The van der Waals surface area contributed by atoms with Gasteiger partial charge >= 0.3 is 0 Å². The van der Waals surface area contributed by atoms with Gasteiger partial charge in [0.2, 0.25) is 5.91 Å². The Morgan fingerprint density at radius 3 is 2.79 bits per heavy atom. The lowest BCUT2D eigenvalue weighted by atomic mass is 10.2. The van der Waals surface area contributed by atoms with Gasteiger partial charge < -0.3 is 9.84 Å². The Kier molecular flexibility index (Phi) is 6.96. The monoisotopic (exact) mass is 364 g/mol. The highest BCUT2D eigenvalue weighted by molar-refractivity contribution is 8.00. The van der Waals surface area contributed by atoms with E-state index in [4.69, 9.17) is 16.3 Å². The minimum absolute atomic E-state index is 0.00658. The quantitative estimate of drug-likeness (QED) is 0.446. The van der Waals surface area contributed by atoms with Crippen LogP contribution < -0.4 is 10.2 Å². The summed E-state index contributed by atoms with van der Waals surface area (Å²) in [4.78, 5) is 12.7. The molecule has 2 N–H and O–H groups in total. The summed E-state index contributed by atoms with van der Waals surface area (Å²) in [5.74, 6) is 0.356. The fraction of sp³-hybridized carbons (Fsp3) is 0.176. The number of ether oxygens (including phenoxy) is 1. The van der Waals surface area contributed by atoms with Crippen LogP contribution in [0, 0.1) is 0 Å². The Hall–Kier alpha value is -2.18. The Balaban J connectivity index is 1.86. The van der Waals surface area contributed by atoms with Crippen LogP contribution in [0.15, 0.2) is 52.5 Å². The molecule has 0 saturated heterocycles. The molecule has 0 aliphatic rings. The van der Waals surface area contributed by atoms with Gasteiger partial charge in [0.25, 0.3) is 0 Å². The van der Waals surface area contributed by atoms with Crippen LogP contribution in [0.25, 0.3) is 0 Å². The largest absolute Gasteiger partial charge is 0.504 e. The molecule has 0 heterocycles. The molecule has 0 spiro atoms. The first-order valence-corrected chi connectivity index (χ1v) is 8.61. The maximum atomic E-state index is 11.8. The summed E-state index contributed by atoms with van der Waals surface area (Å²) >= 11 is 7.19. The third-order valence-corrected chi connectivity index (χ3v) is 4.17. The first-order chi connectivity index (χ1) is 11.6. The maximum absolute atomic E-state index is 11.8. The van der Waals surface area contributed by atoms with Gasteiger partial charge in [0.05, 0.1) is 18.6 Å². The molecule has 0 aromatic heterocycles. The van der Waals surface area contributed by atoms with Crippen LogP contribution in [-0.4, -0.2) is 29.6 Å². The Bertz CT molecular complexity index is 720. The average Bonchev–Trinajstić information content (AvgIpc) is 2.58. The number of aromatic hydroxyl groups is 1. The Labute approximate surface area is 149 Å². The number of hydrogen-bond donors (Lipinski definition) is 2. The molecule has 5 nitrogen and oxygen atoms in total. The number of carbonyl (C=O) groups excluding carboxylic acids is 1.